The maximum Gasteiger partial charge on any atom is 0.0593 e. The Kier molecular flexibility index (Phi) is 12.2. The molecule has 0 aromatic rings. The van der Waals surface area contributed by atoms with Crippen LogP contribution in [0.5, 0.6) is 0 Å². The average Bonchev–Trinajstić information content (AvgIpc) is 2.35. The molecular formula is C13H30N2O2. The average molecular weight is 246 g/mol. The van der Waals surface area contributed by atoms with Gasteiger partial charge in [0.2, 0.25) is 0 Å². The lowest BCUT2D eigenvalue weighted by Gasteiger charge is -2.30. The molecular weight excluding hydrogens is 216 g/mol. The normalized spacial score (nSPS) is 13.2. The van der Waals surface area contributed by atoms with Gasteiger partial charge in [-0.1, -0.05) is 13.3 Å². The van der Waals surface area contributed by atoms with E-state index in [1.165, 1.54) is 6.42 Å². The SMILES string of the molecule is CCCC(CN)N(CCOCC)CCOCC. The Labute approximate surface area is 106 Å². The number of hydrogen-bond donors (Lipinski definition) is 1. The van der Waals surface area contributed by atoms with Crippen molar-refractivity contribution in [1.29, 1.82) is 0 Å². The van der Waals surface area contributed by atoms with Gasteiger partial charge in [-0.3, -0.25) is 4.90 Å². The molecule has 0 spiro atoms. The summed E-state index contributed by atoms with van der Waals surface area (Å²) in [5, 5.41) is 0. The Balaban J connectivity index is 4.04. The first-order valence-corrected chi connectivity index (χ1v) is 6.89. The summed E-state index contributed by atoms with van der Waals surface area (Å²) in [5.41, 5.74) is 5.84. The van der Waals surface area contributed by atoms with E-state index in [1.807, 2.05) is 13.8 Å². The van der Waals surface area contributed by atoms with Crippen molar-refractivity contribution in [3.8, 4) is 0 Å². The lowest BCUT2D eigenvalue weighted by Crippen LogP contribution is -2.44. The first-order chi connectivity index (χ1) is 8.29. The van der Waals surface area contributed by atoms with Crippen LogP contribution in [0.2, 0.25) is 0 Å². The lowest BCUT2D eigenvalue weighted by molar-refractivity contribution is 0.0621. The summed E-state index contributed by atoms with van der Waals surface area (Å²) in [5.74, 6) is 0. The number of nitrogens with zero attached hydrogens (tertiary/aromatic N) is 1. The molecule has 0 bridgehead atoms. The zero-order valence-corrected chi connectivity index (χ0v) is 11.8. The molecule has 17 heavy (non-hydrogen) atoms. The molecule has 4 heteroatoms. The summed E-state index contributed by atoms with van der Waals surface area (Å²) in [7, 11) is 0. The minimum Gasteiger partial charge on any atom is -0.380 e. The predicted molar refractivity (Wildman–Crippen MR) is 72.3 cm³/mol. The zero-order valence-electron chi connectivity index (χ0n) is 11.8. The maximum absolute atomic E-state index is 5.84. The monoisotopic (exact) mass is 246 g/mol. The van der Waals surface area contributed by atoms with Crippen LogP contribution in [0.25, 0.3) is 0 Å². The molecule has 0 fully saturated rings. The van der Waals surface area contributed by atoms with Crippen molar-refractivity contribution in [1.82, 2.24) is 4.90 Å². The van der Waals surface area contributed by atoms with Gasteiger partial charge in [-0.2, -0.15) is 0 Å². The van der Waals surface area contributed by atoms with Gasteiger partial charge in [-0.15, -0.1) is 0 Å². The van der Waals surface area contributed by atoms with E-state index in [0.29, 0.717) is 12.6 Å². The van der Waals surface area contributed by atoms with Crippen LogP contribution in [0.15, 0.2) is 0 Å². The third kappa shape index (κ3) is 8.55. The molecule has 0 rings (SSSR count). The summed E-state index contributed by atoms with van der Waals surface area (Å²) >= 11 is 0. The molecule has 0 aromatic heterocycles. The fourth-order valence-corrected chi connectivity index (χ4v) is 1.91. The van der Waals surface area contributed by atoms with E-state index in [1.54, 1.807) is 0 Å². The molecule has 0 radical (unpaired) electrons. The quantitative estimate of drug-likeness (QED) is 0.530. The molecule has 0 saturated carbocycles. The van der Waals surface area contributed by atoms with Crippen LogP contribution in [-0.2, 0) is 9.47 Å². The Morgan fingerprint density at radius 3 is 1.88 bits per heavy atom. The van der Waals surface area contributed by atoms with E-state index in [9.17, 15) is 0 Å². The Morgan fingerprint density at radius 2 is 1.53 bits per heavy atom. The van der Waals surface area contributed by atoms with Crippen LogP contribution in [-0.4, -0.2) is 57.0 Å². The summed E-state index contributed by atoms with van der Waals surface area (Å²) in [6.45, 7) is 12.0. The van der Waals surface area contributed by atoms with Gasteiger partial charge < -0.3 is 15.2 Å². The smallest absolute Gasteiger partial charge is 0.0593 e. The number of nitrogens with two attached hydrogens (primary N) is 1. The second-order valence-electron chi connectivity index (χ2n) is 4.11. The van der Waals surface area contributed by atoms with Gasteiger partial charge in [-0.05, 0) is 20.3 Å². The van der Waals surface area contributed by atoms with Crippen LogP contribution in [0.1, 0.15) is 33.6 Å². The van der Waals surface area contributed by atoms with E-state index in [2.05, 4.69) is 11.8 Å². The van der Waals surface area contributed by atoms with Crippen LogP contribution >= 0.6 is 0 Å². The van der Waals surface area contributed by atoms with Gasteiger partial charge >= 0.3 is 0 Å². The lowest BCUT2D eigenvalue weighted by atomic mass is 10.1. The van der Waals surface area contributed by atoms with Gasteiger partial charge in [0, 0.05) is 38.9 Å². The summed E-state index contributed by atoms with van der Waals surface area (Å²) < 4.78 is 10.8. The second kappa shape index (κ2) is 12.3. The van der Waals surface area contributed by atoms with Crippen molar-refractivity contribution in [3.63, 3.8) is 0 Å². The minimum absolute atomic E-state index is 0.459. The second-order valence-corrected chi connectivity index (χ2v) is 4.11. The molecule has 0 heterocycles. The van der Waals surface area contributed by atoms with Crippen molar-refractivity contribution in [2.75, 3.05) is 46.1 Å². The first-order valence-electron chi connectivity index (χ1n) is 6.89. The molecule has 0 saturated heterocycles. The van der Waals surface area contributed by atoms with Gasteiger partial charge in [0.1, 0.15) is 0 Å². The highest BCUT2D eigenvalue weighted by molar-refractivity contribution is 4.72. The van der Waals surface area contributed by atoms with Crippen molar-refractivity contribution in [2.24, 2.45) is 5.73 Å². The van der Waals surface area contributed by atoms with E-state index >= 15 is 0 Å². The molecule has 0 amide bonds. The fourth-order valence-electron chi connectivity index (χ4n) is 1.91. The van der Waals surface area contributed by atoms with Crippen LogP contribution in [0, 0.1) is 0 Å². The van der Waals surface area contributed by atoms with Gasteiger partial charge in [0.25, 0.3) is 0 Å². The predicted octanol–water partition coefficient (Wildman–Crippen LogP) is 1.49. The fraction of sp³-hybridized carbons (Fsp3) is 1.00. The molecule has 0 aliphatic carbocycles. The van der Waals surface area contributed by atoms with Crippen molar-refractivity contribution in [3.05, 3.63) is 0 Å². The minimum atomic E-state index is 0.459. The largest absolute Gasteiger partial charge is 0.380 e. The van der Waals surface area contributed by atoms with Crippen LogP contribution < -0.4 is 5.73 Å². The van der Waals surface area contributed by atoms with Crippen molar-refractivity contribution in [2.45, 2.75) is 39.7 Å². The highest BCUT2D eigenvalue weighted by Gasteiger charge is 2.15. The summed E-state index contributed by atoms with van der Waals surface area (Å²) in [4.78, 5) is 2.40. The number of rotatable bonds is 12. The number of ether oxygens (including phenoxy) is 2. The van der Waals surface area contributed by atoms with Gasteiger partial charge in [0.05, 0.1) is 13.2 Å². The molecule has 0 aliphatic rings. The third-order valence-corrected chi connectivity index (χ3v) is 2.86. The van der Waals surface area contributed by atoms with E-state index in [-0.39, 0.29) is 0 Å². The first kappa shape index (κ1) is 16.8. The summed E-state index contributed by atoms with van der Waals surface area (Å²) in [6, 6.07) is 0.459. The maximum atomic E-state index is 5.84. The highest BCUT2D eigenvalue weighted by Crippen LogP contribution is 2.05. The Morgan fingerprint density at radius 1 is 1.00 bits per heavy atom. The van der Waals surface area contributed by atoms with E-state index < -0.39 is 0 Å². The molecule has 0 aliphatic heterocycles. The molecule has 1 unspecified atom stereocenters. The van der Waals surface area contributed by atoms with Crippen molar-refractivity contribution < 1.29 is 9.47 Å². The topological polar surface area (TPSA) is 47.7 Å². The standard InChI is InChI=1S/C13H30N2O2/c1-4-7-13(12-14)15(8-10-16-5-2)9-11-17-6-3/h13H,4-12,14H2,1-3H3. The van der Waals surface area contributed by atoms with Crippen LogP contribution in [0.4, 0.5) is 0 Å². The van der Waals surface area contributed by atoms with Crippen LogP contribution in [0.3, 0.4) is 0 Å². The molecule has 0 aromatic carbocycles. The van der Waals surface area contributed by atoms with Crippen molar-refractivity contribution >= 4 is 0 Å². The summed E-state index contributed by atoms with van der Waals surface area (Å²) in [6.07, 6.45) is 2.32. The highest BCUT2D eigenvalue weighted by atomic mass is 16.5. The molecule has 104 valence electrons. The number of hydrogen-bond acceptors (Lipinski definition) is 4. The van der Waals surface area contributed by atoms with Gasteiger partial charge in [-0.25, -0.2) is 0 Å². The third-order valence-electron chi connectivity index (χ3n) is 2.86. The Bertz CT molecular complexity index is 146. The van der Waals surface area contributed by atoms with E-state index in [0.717, 1.165) is 45.9 Å². The van der Waals surface area contributed by atoms with E-state index in [4.69, 9.17) is 15.2 Å². The molecule has 4 nitrogen and oxygen atoms in total. The van der Waals surface area contributed by atoms with Gasteiger partial charge in [0.15, 0.2) is 0 Å². The molecule has 2 N–H and O–H groups in total. The molecule has 1 atom stereocenters. The zero-order chi connectivity index (χ0) is 12.9. The Hall–Kier alpha value is -0.160.